The summed E-state index contributed by atoms with van der Waals surface area (Å²) in [5, 5.41) is 0. The van der Waals surface area contributed by atoms with E-state index in [1.807, 2.05) is 0 Å². The summed E-state index contributed by atoms with van der Waals surface area (Å²) in [7, 11) is 0. The standard InChI is InChI=1S/C7H9F3/c1-3-4-5-6(2)7(8,9)10/h6H,5H2,1-2H3. The largest absolute Gasteiger partial charge is 0.392 e. The van der Waals surface area contributed by atoms with Crippen molar-refractivity contribution in [3.63, 3.8) is 0 Å². The maximum absolute atomic E-state index is 11.7. The first kappa shape index (κ1) is 9.35. The van der Waals surface area contributed by atoms with Gasteiger partial charge in [-0.2, -0.15) is 13.2 Å². The third-order valence-electron chi connectivity index (χ3n) is 1.14. The topological polar surface area (TPSA) is 0 Å². The van der Waals surface area contributed by atoms with E-state index in [2.05, 4.69) is 11.8 Å². The van der Waals surface area contributed by atoms with Gasteiger partial charge in [-0.15, -0.1) is 11.8 Å². The molecular weight excluding hydrogens is 141 g/mol. The molecule has 0 aliphatic carbocycles. The second-order valence-electron chi connectivity index (χ2n) is 2.07. The summed E-state index contributed by atoms with van der Waals surface area (Å²) in [5.41, 5.74) is 0. The van der Waals surface area contributed by atoms with Crippen LogP contribution < -0.4 is 0 Å². The molecule has 1 unspecified atom stereocenters. The smallest absolute Gasteiger partial charge is 0.171 e. The highest BCUT2D eigenvalue weighted by Crippen LogP contribution is 2.27. The molecule has 0 aliphatic heterocycles. The summed E-state index contributed by atoms with van der Waals surface area (Å²) in [5.74, 6) is 3.50. The Bertz CT molecular complexity index is 146. The lowest BCUT2D eigenvalue weighted by atomic mass is 10.1. The van der Waals surface area contributed by atoms with Gasteiger partial charge in [0.05, 0.1) is 5.92 Å². The highest BCUT2D eigenvalue weighted by atomic mass is 19.4. The molecule has 58 valence electrons. The van der Waals surface area contributed by atoms with E-state index in [9.17, 15) is 13.2 Å². The molecule has 0 nitrogen and oxygen atoms in total. The fourth-order valence-corrected chi connectivity index (χ4v) is 0.371. The van der Waals surface area contributed by atoms with Gasteiger partial charge in [0.25, 0.3) is 0 Å². The summed E-state index contributed by atoms with van der Waals surface area (Å²) in [4.78, 5) is 0. The van der Waals surface area contributed by atoms with Crippen LogP contribution in [0, 0.1) is 17.8 Å². The second-order valence-corrected chi connectivity index (χ2v) is 2.07. The summed E-state index contributed by atoms with van der Waals surface area (Å²) >= 11 is 0. The Labute approximate surface area is 58.4 Å². The maximum atomic E-state index is 11.7. The summed E-state index contributed by atoms with van der Waals surface area (Å²) in [6.45, 7) is 2.66. The van der Waals surface area contributed by atoms with Crippen molar-refractivity contribution in [3.8, 4) is 11.8 Å². The van der Waals surface area contributed by atoms with Gasteiger partial charge in [0.15, 0.2) is 0 Å². The van der Waals surface area contributed by atoms with Crippen molar-refractivity contribution in [2.75, 3.05) is 0 Å². The third-order valence-corrected chi connectivity index (χ3v) is 1.14. The van der Waals surface area contributed by atoms with Crippen molar-refractivity contribution >= 4 is 0 Å². The van der Waals surface area contributed by atoms with Gasteiger partial charge in [-0.25, -0.2) is 0 Å². The van der Waals surface area contributed by atoms with E-state index >= 15 is 0 Å². The molecule has 0 aromatic heterocycles. The second kappa shape index (κ2) is 3.50. The average Bonchev–Trinajstić information content (AvgIpc) is 1.80. The monoisotopic (exact) mass is 150 g/mol. The van der Waals surface area contributed by atoms with Crippen LogP contribution >= 0.6 is 0 Å². The van der Waals surface area contributed by atoms with Gasteiger partial charge in [-0.1, -0.05) is 6.92 Å². The molecule has 0 aliphatic rings. The van der Waals surface area contributed by atoms with Crippen molar-refractivity contribution in [1.82, 2.24) is 0 Å². The molecule has 0 rings (SSSR count). The van der Waals surface area contributed by atoms with E-state index in [4.69, 9.17) is 0 Å². The molecule has 0 amide bonds. The molecule has 0 radical (unpaired) electrons. The van der Waals surface area contributed by atoms with Gasteiger partial charge in [0, 0.05) is 6.42 Å². The van der Waals surface area contributed by atoms with Crippen LogP contribution in [0.3, 0.4) is 0 Å². The predicted molar refractivity (Wildman–Crippen MR) is 33.3 cm³/mol. The minimum Gasteiger partial charge on any atom is -0.171 e. The Morgan fingerprint density at radius 2 is 1.90 bits per heavy atom. The fourth-order valence-electron chi connectivity index (χ4n) is 0.371. The first-order chi connectivity index (χ1) is 4.48. The Kier molecular flexibility index (Phi) is 3.27. The zero-order chi connectivity index (χ0) is 8.20. The number of hydrogen-bond donors (Lipinski definition) is 0. The van der Waals surface area contributed by atoms with E-state index in [0.717, 1.165) is 6.92 Å². The normalized spacial score (nSPS) is 13.7. The van der Waals surface area contributed by atoms with Crippen molar-refractivity contribution in [3.05, 3.63) is 0 Å². The predicted octanol–water partition coefficient (Wildman–Crippen LogP) is 2.60. The van der Waals surface area contributed by atoms with Crippen LogP contribution in [0.5, 0.6) is 0 Å². The average molecular weight is 150 g/mol. The van der Waals surface area contributed by atoms with Crippen LogP contribution in [0.2, 0.25) is 0 Å². The van der Waals surface area contributed by atoms with Gasteiger partial charge >= 0.3 is 6.18 Å². The van der Waals surface area contributed by atoms with E-state index in [1.54, 1.807) is 0 Å². The number of halogens is 3. The highest BCUT2D eigenvalue weighted by Gasteiger charge is 2.34. The molecule has 10 heavy (non-hydrogen) atoms. The molecule has 0 aromatic carbocycles. The lowest BCUT2D eigenvalue weighted by Gasteiger charge is -2.11. The van der Waals surface area contributed by atoms with E-state index < -0.39 is 12.1 Å². The molecule has 0 bridgehead atoms. The van der Waals surface area contributed by atoms with Crippen LogP contribution in [0.15, 0.2) is 0 Å². The van der Waals surface area contributed by atoms with E-state index in [0.29, 0.717) is 0 Å². The summed E-state index contributed by atoms with van der Waals surface area (Å²) in [6, 6.07) is 0. The molecule has 0 aromatic rings. The lowest BCUT2D eigenvalue weighted by Crippen LogP contribution is -2.18. The van der Waals surface area contributed by atoms with Crippen molar-refractivity contribution in [2.24, 2.45) is 5.92 Å². The van der Waals surface area contributed by atoms with Crippen LogP contribution in [0.1, 0.15) is 20.3 Å². The van der Waals surface area contributed by atoms with Gasteiger partial charge in [-0.05, 0) is 6.92 Å². The SMILES string of the molecule is CC#CCC(C)C(F)(F)F. The molecule has 0 saturated carbocycles. The molecule has 0 fully saturated rings. The minimum absolute atomic E-state index is 0.0972. The van der Waals surface area contributed by atoms with Crippen molar-refractivity contribution in [2.45, 2.75) is 26.4 Å². The Morgan fingerprint density at radius 1 is 1.40 bits per heavy atom. The van der Waals surface area contributed by atoms with Crippen LogP contribution in [0.25, 0.3) is 0 Å². The highest BCUT2D eigenvalue weighted by molar-refractivity contribution is 4.96. The van der Waals surface area contributed by atoms with Crippen molar-refractivity contribution in [1.29, 1.82) is 0 Å². The van der Waals surface area contributed by atoms with Crippen LogP contribution in [-0.2, 0) is 0 Å². The van der Waals surface area contributed by atoms with E-state index in [-0.39, 0.29) is 6.42 Å². The Balaban J connectivity index is 3.81. The molecule has 0 heterocycles. The zero-order valence-electron chi connectivity index (χ0n) is 5.92. The minimum atomic E-state index is -4.09. The van der Waals surface area contributed by atoms with Crippen molar-refractivity contribution < 1.29 is 13.2 Å². The number of alkyl halides is 3. The van der Waals surface area contributed by atoms with Gasteiger partial charge in [0.1, 0.15) is 0 Å². The Hall–Kier alpha value is -0.650. The van der Waals surface area contributed by atoms with Gasteiger partial charge in [0.2, 0.25) is 0 Å². The molecule has 0 saturated heterocycles. The Morgan fingerprint density at radius 3 is 2.20 bits per heavy atom. The summed E-state index contributed by atoms with van der Waals surface area (Å²) in [6.07, 6.45) is -4.19. The molecular formula is C7H9F3. The van der Waals surface area contributed by atoms with E-state index in [1.165, 1.54) is 6.92 Å². The van der Waals surface area contributed by atoms with Gasteiger partial charge < -0.3 is 0 Å². The quantitative estimate of drug-likeness (QED) is 0.504. The molecule has 0 N–H and O–H groups in total. The molecule has 0 spiro atoms. The zero-order valence-corrected chi connectivity index (χ0v) is 5.92. The summed E-state index contributed by atoms with van der Waals surface area (Å²) < 4.78 is 35.1. The maximum Gasteiger partial charge on any atom is 0.392 e. The van der Waals surface area contributed by atoms with Crippen LogP contribution in [-0.4, -0.2) is 6.18 Å². The first-order valence-electron chi connectivity index (χ1n) is 2.94. The first-order valence-corrected chi connectivity index (χ1v) is 2.94. The van der Waals surface area contributed by atoms with Crippen LogP contribution in [0.4, 0.5) is 13.2 Å². The van der Waals surface area contributed by atoms with Gasteiger partial charge in [-0.3, -0.25) is 0 Å². The number of hydrogen-bond acceptors (Lipinski definition) is 0. The molecule has 1 atom stereocenters. The third kappa shape index (κ3) is 3.39. The number of rotatable bonds is 1. The fraction of sp³-hybridized carbons (Fsp3) is 0.714. The molecule has 3 heteroatoms. The lowest BCUT2D eigenvalue weighted by molar-refractivity contribution is -0.167.